The minimum Gasteiger partial charge on any atom is -0.453 e. The predicted molar refractivity (Wildman–Crippen MR) is 43.8 cm³/mol. The zero-order valence-corrected chi connectivity index (χ0v) is 7.58. The van der Waals surface area contributed by atoms with Gasteiger partial charge in [-0.25, -0.2) is 4.79 Å². The fourth-order valence-electron chi connectivity index (χ4n) is 1.35. The summed E-state index contributed by atoms with van der Waals surface area (Å²) in [5, 5.41) is 0. The Balaban J connectivity index is 2.52. The molecule has 0 aromatic heterocycles. The Morgan fingerprint density at radius 2 is 2.50 bits per heavy atom. The van der Waals surface area contributed by atoms with Gasteiger partial charge < -0.3 is 9.47 Å². The van der Waals surface area contributed by atoms with Crippen LogP contribution in [-0.4, -0.2) is 37.5 Å². The number of nitrogens with zero attached hydrogens (tertiary/aromatic N) is 1. The molecule has 0 radical (unpaired) electrons. The minimum atomic E-state index is -0.290. The molecule has 70 valence electrons. The summed E-state index contributed by atoms with van der Waals surface area (Å²) in [5.41, 5.74) is 0. The van der Waals surface area contributed by atoms with E-state index in [1.165, 1.54) is 7.11 Å². The van der Waals surface area contributed by atoms with Gasteiger partial charge in [-0.3, -0.25) is 4.90 Å². The van der Waals surface area contributed by atoms with Crippen molar-refractivity contribution in [3.63, 3.8) is 0 Å². The van der Waals surface area contributed by atoms with E-state index in [0.717, 1.165) is 26.0 Å². The molecule has 1 atom stereocenters. The van der Waals surface area contributed by atoms with Gasteiger partial charge in [0.05, 0.1) is 13.7 Å². The Kier molecular flexibility index (Phi) is 3.34. The van der Waals surface area contributed by atoms with Gasteiger partial charge in [0, 0.05) is 6.54 Å². The molecule has 1 unspecified atom stereocenters. The van der Waals surface area contributed by atoms with E-state index in [1.54, 1.807) is 4.90 Å². The second kappa shape index (κ2) is 4.30. The topological polar surface area (TPSA) is 38.8 Å². The molecule has 1 saturated heterocycles. The van der Waals surface area contributed by atoms with Crippen LogP contribution in [0.4, 0.5) is 4.79 Å². The van der Waals surface area contributed by atoms with Crippen LogP contribution < -0.4 is 0 Å². The molecule has 1 fully saturated rings. The lowest BCUT2D eigenvalue weighted by molar-refractivity contribution is -0.0841. The fourth-order valence-corrected chi connectivity index (χ4v) is 1.35. The molecule has 0 N–H and O–H groups in total. The third-order valence-electron chi connectivity index (χ3n) is 1.96. The standard InChI is InChI=1S/C8H15NO3/c1-3-7-9(8(10)11-2)5-4-6-12-7/h7H,3-6H2,1-2H3. The van der Waals surface area contributed by atoms with E-state index < -0.39 is 0 Å². The van der Waals surface area contributed by atoms with E-state index >= 15 is 0 Å². The first kappa shape index (κ1) is 9.32. The maximum atomic E-state index is 11.2. The number of carbonyl (C=O) groups is 1. The van der Waals surface area contributed by atoms with Gasteiger partial charge in [-0.15, -0.1) is 0 Å². The second-order valence-electron chi connectivity index (χ2n) is 2.75. The van der Waals surface area contributed by atoms with Crippen molar-refractivity contribution in [1.82, 2.24) is 4.90 Å². The molecule has 0 aromatic carbocycles. The molecule has 0 aliphatic carbocycles. The molecule has 0 spiro atoms. The molecule has 4 nitrogen and oxygen atoms in total. The lowest BCUT2D eigenvalue weighted by Crippen LogP contribution is -2.45. The molecule has 4 heteroatoms. The first-order chi connectivity index (χ1) is 5.79. The van der Waals surface area contributed by atoms with Crippen molar-refractivity contribution in [2.24, 2.45) is 0 Å². The van der Waals surface area contributed by atoms with Gasteiger partial charge in [0.2, 0.25) is 0 Å². The lowest BCUT2D eigenvalue weighted by atomic mass is 10.3. The van der Waals surface area contributed by atoms with Gasteiger partial charge in [0.25, 0.3) is 0 Å². The quantitative estimate of drug-likeness (QED) is 0.598. The van der Waals surface area contributed by atoms with Crippen molar-refractivity contribution in [2.45, 2.75) is 26.0 Å². The maximum absolute atomic E-state index is 11.2. The smallest absolute Gasteiger partial charge is 0.411 e. The number of carbonyl (C=O) groups excluding carboxylic acids is 1. The molecular formula is C8H15NO3. The zero-order valence-electron chi connectivity index (χ0n) is 7.58. The summed E-state index contributed by atoms with van der Waals surface area (Å²) < 4.78 is 10.0. The van der Waals surface area contributed by atoms with Crippen molar-refractivity contribution >= 4 is 6.09 Å². The average molecular weight is 173 g/mol. The number of methoxy groups -OCH3 is 1. The van der Waals surface area contributed by atoms with Crippen molar-refractivity contribution in [3.8, 4) is 0 Å². The van der Waals surface area contributed by atoms with Crippen LogP contribution in [0.25, 0.3) is 0 Å². The van der Waals surface area contributed by atoms with Gasteiger partial charge in [-0.2, -0.15) is 0 Å². The molecule has 1 amide bonds. The Morgan fingerprint density at radius 1 is 1.75 bits per heavy atom. The van der Waals surface area contributed by atoms with Gasteiger partial charge in [-0.1, -0.05) is 6.92 Å². The van der Waals surface area contributed by atoms with E-state index in [1.807, 2.05) is 6.92 Å². The number of rotatable bonds is 1. The first-order valence-electron chi connectivity index (χ1n) is 4.25. The third-order valence-corrected chi connectivity index (χ3v) is 1.96. The molecular weight excluding hydrogens is 158 g/mol. The number of ether oxygens (including phenoxy) is 2. The highest BCUT2D eigenvalue weighted by atomic mass is 16.6. The van der Waals surface area contributed by atoms with Crippen LogP contribution in [0.3, 0.4) is 0 Å². The van der Waals surface area contributed by atoms with E-state index in [-0.39, 0.29) is 12.3 Å². The Hall–Kier alpha value is -0.770. The van der Waals surface area contributed by atoms with Crippen LogP contribution in [0.5, 0.6) is 0 Å². The Morgan fingerprint density at radius 3 is 3.08 bits per heavy atom. The highest BCUT2D eigenvalue weighted by molar-refractivity contribution is 5.67. The van der Waals surface area contributed by atoms with Gasteiger partial charge in [-0.05, 0) is 12.8 Å². The molecule has 0 aromatic rings. The summed E-state index contributed by atoms with van der Waals surface area (Å²) in [4.78, 5) is 12.8. The molecule has 0 bridgehead atoms. The summed E-state index contributed by atoms with van der Waals surface area (Å²) in [6, 6.07) is 0. The highest BCUT2D eigenvalue weighted by Crippen LogP contribution is 2.13. The zero-order chi connectivity index (χ0) is 8.97. The van der Waals surface area contributed by atoms with Crippen LogP contribution in [-0.2, 0) is 9.47 Å². The fraction of sp³-hybridized carbons (Fsp3) is 0.875. The molecule has 1 aliphatic rings. The Bertz CT molecular complexity index is 160. The van der Waals surface area contributed by atoms with Crippen LogP contribution in [0.1, 0.15) is 19.8 Å². The van der Waals surface area contributed by atoms with E-state index in [4.69, 9.17) is 4.74 Å². The van der Waals surface area contributed by atoms with Crippen LogP contribution >= 0.6 is 0 Å². The third kappa shape index (κ3) is 1.88. The van der Waals surface area contributed by atoms with Gasteiger partial charge >= 0.3 is 6.09 Å². The summed E-state index contributed by atoms with van der Waals surface area (Å²) in [7, 11) is 1.39. The average Bonchev–Trinajstić information content (AvgIpc) is 2.16. The highest BCUT2D eigenvalue weighted by Gasteiger charge is 2.26. The summed E-state index contributed by atoms with van der Waals surface area (Å²) in [6.45, 7) is 3.48. The molecule has 1 heterocycles. The van der Waals surface area contributed by atoms with Gasteiger partial charge in [0.1, 0.15) is 6.23 Å². The van der Waals surface area contributed by atoms with Crippen molar-refractivity contribution < 1.29 is 14.3 Å². The second-order valence-corrected chi connectivity index (χ2v) is 2.75. The summed E-state index contributed by atoms with van der Waals surface area (Å²) in [5.74, 6) is 0. The maximum Gasteiger partial charge on any atom is 0.411 e. The van der Waals surface area contributed by atoms with Crippen LogP contribution in [0, 0.1) is 0 Å². The molecule has 12 heavy (non-hydrogen) atoms. The molecule has 0 saturated carbocycles. The molecule has 1 aliphatic heterocycles. The SMILES string of the molecule is CCC1OCCCN1C(=O)OC. The van der Waals surface area contributed by atoms with Crippen LogP contribution in [0.2, 0.25) is 0 Å². The van der Waals surface area contributed by atoms with Crippen LogP contribution in [0.15, 0.2) is 0 Å². The minimum absolute atomic E-state index is 0.0915. The van der Waals surface area contributed by atoms with E-state index in [9.17, 15) is 4.79 Å². The van der Waals surface area contributed by atoms with E-state index in [0.29, 0.717) is 0 Å². The van der Waals surface area contributed by atoms with Crippen molar-refractivity contribution in [3.05, 3.63) is 0 Å². The lowest BCUT2D eigenvalue weighted by Gasteiger charge is -2.33. The van der Waals surface area contributed by atoms with Crippen molar-refractivity contribution in [2.75, 3.05) is 20.3 Å². The van der Waals surface area contributed by atoms with Crippen molar-refractivity contribution in [1.29, 1.82) is 0 Å². The molecule has 1 rings (SSSR count). The summed E-state index contributed by atoms with van der Waals surface area (Å²) in [6.07, 6.45) is 1.33. The Labute approximate surface area is 72.4 Å². The number of hydrogen-bond acceptors (Lipinski definition) is 3. The number of hydrogen-bond donors (Lipinski definition) is 0. The van der Waals surface area contributed by atoms with Gasteiger partial charge in [0.15, 0.2) is 0 Å². The first-order valence-corrected chi connectivity index (χ1v) is 4.25. The normalized spacial score (nSPS) is 23.8. The predicted octanol–water partition coefficient (Wildman–Crippen LogP) is 1.21. The summed E-state index contributed by atoms with van der Waals surface area (Å²) >= 11 is 0. The van der Waals surface area contributed by atoms with E-state index in [2.05, 4.69) is 4.74 Å². The largest absolute Gasteiger partial charge is 0.453 e. The number of amides is 1. The monoisotopic (exact) mass is 173 g/mol.